The fraction of sp³-hybridized carbons (Fsp3) is 0. The van der Waals surface area contributed by atoms with Crippen molar-refractivity contribution >= 4 is 115 Å². The standard InChI is InChI=1S/C46H24B5NO24/c47-2-1-3(52-76)4-5(9-11-15(37(66)43(72)29(9)58)38(67)46(75)45(74)30(11)59)8-10(28(57)34(63)16(25(8)54)13-21(49)40(69)23(51)42(71)33(13)62)6(7(4)24(2)53)12-20(48)27(56)19(36(65)31(12)60)18-26(55)17-14(32(61)35(18)64)22(50)41(70)44(73)39(17)68/h1,53-75H. The molecule has 30 heteroatoms. The lowest BCUT2D eigenvalue weighted by Gasteiger charge is -2.27. The number of phenols is 23. The Kier molecular flexibility index (Phi) is 10.7. The Labute approximate surface area is 424 Å². The van der Waals surface area contributed by atoms with Crippen molar-refractivity contribution in [3.8, 4) is 177 Å². The topological polar surface area (TPSA) is 495 Å². The fourth-order valence-corrected chi connectivity index (χ4v) is 9.45. The molecule has 0 saturated heterocycles. The Morgan fingerprint density at radius 3 is 1.08 bits per heavy atom. The van der Waals surface area contributed by atoms with Gasteiger partial charge in [0.05, 0.1) is 27.5 Å². The molecule has 10 radical (unpaired) electrons. The molecule has 0 unspecified atom stereocenters. The summed E-state index contributed by atoms with van der Waals surface area (Å²) in [5.41, 5.74) is -17.2. The van der Waals surface area contributed by atoms with E-state index in [2.05, 4.69) is 5.18 Å². The van der Waals surface area contributed by atoms with Crippen molar-refractivity contribution in [2.24, 2.45) is 5.18 Å². The van der Waals surface area contributed by atoms with Crippen LogP contribution in [-0.4, -0.2) is 157 Å². The molecule has 0 bridgehead atoms. The molecule has 0 heterocycles. The van der Waals surface area contributed by atoms with Crippen molar-refractivity contribution in [3.05, 3.63) is 11.0 Å². The Morgan fingerprint density at radius 2 is 0.526 bits per heavy atom. The second-order valence-corrected chi connectivity index (χ2v) is 16.7. The molecule has 9 aromatic rings. The molecule has 0 aliphatic heterocycles. The number of hydrogen-bond donors (Lipinski definition) is 23. The summed E-state index contributed by atoms with van der Waals surface area (Å²) in [7, 11) is 30.1. The summed E-state index contributed by atoms with van der Waals surface area (Å²) < 4.78 is 0. The predicted octanol–water partition coefficient (Wildman–Crippen LogP) is 0.563. The maximum Gasteiger partial charge on any atom is 0.205 e. The summed E-state index contributed by atoms with van der Waals surface area (Å²) in [6.45, 7) is 0. The Balaban J connectivity index is 1.63. The summed E-state index contributed by atoms with van der Waals surface area (Å²) in [4.78, 5) is 13.1. The van der Waals surface area contributed by atoms with E-state index >= 15 is 0 Å². The van der Waals surface area contributed by atoms with Crippen LogP contribution in [0.15, 0.2) is 11.2 Å². The summed E-state index contributed by atoms with van der Waals surface area (Å²) in [6.07, 6.45) is 0. The number of nitrogens with zero attached hydrogens (tertiary/aromatic N) is 1. The van der Waals surface area contributed by atoms with Gasteiger partial charge in [0.15, 0.2) is 86.2 Å². The number of hydrogen-bond acceptors (Lipinski definition) is 25. The molecule has 0 saturated carbocycles. The minimum absolute atomic E-state index is 0.542. The summed E-state index contributed by atoms with van der Waals surface area (Å²) >= 11 is 0. The molecule has 0 aliphatic carbocycles. The lowest BCUT2D eigenvalue weighted by Crippen LogP contribution is -2.18. The van der Waals surface area contributed by atoms with Crippen molar-refractivity contribution in [2.75, 3.05) is 0 Å². The number of aromatic hydroxyl groups is 23. The van der Waals surface area contributed by atoms with Gasteiger partial charge < -0.3 is 117 Å². The zero-order valence-electron chi connectivity index (χ0n) is 37.1. The molecule has 0 fully saturated rings. The molecule has 76 heavy (non-hydrogen) atoms. The van der Waals surface area contributed by atoms with Crippen LogP contribution < -0.4 is 27.3 Å². The van der Waals surface area contributed by atoms with Crippen LogP contribution in [0.4, 0.5) is 5.69 Å². The van der Waals surface area contributed by atoms with E-state index in [1.54, 1.807) is 0 Å². The Bertz CT molecular complexity index is 4230. The van der Waals surface area contributed by atoms with E-state index in [1.807, 2.05) is 0 Å². The fourth-order valence-electron chi connectivity index (χ4n) is 9.45. The quantitative estimate of drug-likeness (QED) is 0.0368. The molecule has 0 aromatic heterocycles. The first-order chi connectivity index (χ1) is 35.4. The van der Waals surface area contributed by atoms with Crippen molar-refractivity contribution in [3.63, 3.8) is 0 Å². The van der Waals surface area contributed by atoms with Gasteiger partial charge in [-0.25, -0.2) is 0 Å². The van der Waals surface area contributed by atoms with Crippen molar-refractivity contribution in [1.82, 2.24) is 0 Å². The molecule has 23 N–H and O–H groups in total. The maximum atomic E-state index is 13.1. The van der Waals surface area contributed by atoms with Gasteiger partial charge >= 0.3 is 0 Å². The molecule has 0 amide bonds. The number of fused-ring (bicyclic) bond motifs is 4. The lowest BCUT2D eigenvalue weighted by molar-refractivity contribution is 0.347. The molecular formula is C46H24B5NO24. The summed E-state index contributed by atoms with van der Waals surface area (Å²) in [5, 5.41) is 255. The van der Waals surface area contributed by atoms with Crippen LogP contribution in [0.1, 0.15) is 0 Å². The van der Waals surface area contributed by atoms with Gasteiger partial charge in [-0.2, -0.15) is 0 Å². The van der Waals surface area contributed by atoms with E-state index in [0.29, 0.717) is 6.07 Å². The van der Waals surface area contributed by atoms with Gasteiger partial charge in [-0.3, -0.25) is 0 Å². The Morgan fingerprint density at radius 1 is 0.224 bits per heavy atom. The molecule has 0 spiro atoms. The second kappa shape index (κ2) is 16.2. The molecule has 0 atom stereocenters. The zero-order chi connectivity index (χ0) is 56.4. The SMILES string of the molecule is [B]c1cc(N=O)c2c(-c3c(O)c(O)c(O)c4c(O)c(O)c(O)c(O)c34)c3c(O)c(-c4c([B])c(O)c([B])c(O)c4O)c(O)c(O)c3c(-c3c([B])c(O)c(-c4c(O)c(O)c5c([B])c(O)c(O)c(O)c5c4O)c(O)c3O)c2c1O. The van der Waals surface area contributed by atoms with Crippen LogP contribution in [0.3, 0.4) is 0 Å². The van der Waals surface area contributed by atoms with Crippen molar-refractivity contribution in [2.45, 2.75) is 0 Å². The Hall–Kier alpha value is -10.7. The van der Waals surface area contributed by atoms with Crippen LogP contribution >= 0.6 is 0 Å². The highest BCUT2D eigenvalue weighted by Gasteiger charge is 2.40. The predicted molar refractivity (Wildman–Crippen MR) is 269 cm³/mol. The lowest BCUT2D eigenvalue weighted by atomic mass is 9.74. The molecule has 372 valence electrons. The molecule has 25 nitrogen and oxygen atoms in total. The highest BCUT2D eigenvalue weighted by molar-refractivity contribution is 6.47. The van der Waals surface area contributed by atoms with E-state index < -0.39 is 253 Å². The van der Waals surface area contributed by atoms with Crippen LogP contribution in [0.25, 0.3) is 87.6 Å². The molecule has 0 aliphatic rings. The van der Waals surface area contributed by atoms with E-state index in [-0.39, 0.29) is 0 Å². The third kappa shape index (κ3) is 5.95. The number of rotatable bonds is 5. The molecule has 9 aromatic carbocycles. The monoisotopic (exact) mass is 1030 g/mol. The summed E-state index contributed by atoms with van der Waals surface area (Å²) in [5.74, 6) is -36.1. The average molecular weight is 1030 g/mol. The van der Waals surface area contributed by atoms with Gasteiger partial charge in [-0.1, -0.05) is 5.46 Å². The van der Waals surface area contributed by atoms with E-state index in [9.17, 15) is 122 Å². The molecular weight excluding hydrogens is 1000 g/mol. The van der Waals surface area contributed by atoms with E-state index in [1.165, 1.54) is 0 Å². The smallest absolute Gasteiger partial charge is 0.205 e. The normalized spacial score (nSPS) is 11.6. The van der Waals surface area contributed by atoms with Gasteiger partial charge in [0.2, 0.25) is 17.2 Å². The van der Waals surface area contributed by atoms with Crippen LogP contribution in [0.5, 0.6) is 132 Å². The van der Waals surface area contributed by atoms with Gasteiger partial charge in [0.25, 0.3) is 0 Å². The summed E-state index contributed by atoms with van der Waals surface area (Å²) in [6, 6.07) is 0.542. The van der Waals surface area contributed by atoms with Gasteiger partial charge in [-0.05, 0) is 33.1 Å². The number of nitroso groups, excluding NO2 is 1. The zero-order valence-corrected chi connectivity index (χ0v) is 37.1. The first-order valence-electron chi connectivity index (χ1n) is 20.6. The highest BCUT2D eigenvalue weighted by atomic mass is 16.4. The van der Waals surface area contributed by atoms with Crippen LogP contribution in [-0.2, 0) is 0 Å². The second-order valence-electron chi connectivity index (χ2n) is 16.7. The maximum absolute atomic E-state index is 13.1. The highest BCUT2D eigenvalue weighted by Crippen LogP contribution is 2.67. The van der Waals surface area contributed by atoms with Crippen molar-refractivity contribution < 1.29 is 117 Å². The van der Waals surface area contributed by atoms with E-state index in [4.69, 9.17) is 39.2 Å². The molecule has 9 rings (SSSR count). The average Bonchev–Trinajstić information content (AvgIpc) is 3.38. The number of benzene rings is 9. The van der Waals surface area contributed by atoms with Gasteiger partial charge in [0, 0.05) is 60.1 Å². The van der Waals surface area contributed by atoms with Gasteiger partial charge in [-0.15, -0.1) is 4.91 Å². The third-order valence-corrected chi connectivity index (χ3v) is 13.0. The minimum atomic E-state index is -1.78. The van der Waals surface area contributed by atoms with Gasteiger partial charge in [0.1, 0.15) is 73.7 Å². The van der Waals surface area contributed by atoms with Crippen molar-refractivity contribution in [1.29, 1.82) is 0 Å². The van der Waals surface area contributed by atoms with E-state index in [0.717, 1.165) is 0 Å². The van der Waals surface area contributed by atoms with Crippen LogP contribution in [0, 0.1) is 4.91 Å². The number of phenolic OH excluding ortho intramolecular Hbond substituents is 23. The minimum Gasteiger partial charge on any atom is -0.509 e. The third-order valence-electron chi connectivity index (χ3n) is 13.0. The van der Waals surface area contributed by atoms with Crippen LogP contribution in [0.2, 0.25) is 0 Å². The first kappa shape index (κ1) is 50.3. The first-order valence-corrected chi connectivity index (χ1v) is 20.6. The largest absolute Gasteiger partial charge is 0.509 e.